The summed E-state index contributed by atoms with van der Waals surface area (Å²) in [5, 5.41) is 29.0. The molecule has 0 aliphatic carbocycles. The summed E-state index contributed by atoms with van der Waals surface area (Å²) in [6, 6.07) is -0.227. The molecule has 1 unspecified atom stereocenters. The van der Waals surface area contributed by atoms with Crippen LogP contribution in [0.3, 0.4) is 0 Å². The highest BCUT2D eigenvalue weighted by Gasteiger charge is 2.49. The zero-order valence-electron chi connectivity index (χ0n) is 13.0. The number of aliphatic hydroxyl groups is 3. The van der Waals surface area contributed by atoms with Crippen LogP contribution in [0.15, 0.2) is 0 Å². The van der Waals surface area contributed by atoms with Crippen molar-refractivity contribution in [3.63, 3.8) is 0 Å². The summed E-state index contributed by atoms with van der Waals surface area (Å²) in [7, 11) is 2.04. The fourth-order valence-corrected chi connectivity index (χ4v) is 3.29. The van der Waals surface area contributed by atoms with E-state index in [0.717, 1.165) is 13.0 Å². The molecule has 0 amide bonds. The van der Waals surface area contributed by atoms with E-state index in [-0.39, 0.29) is 29.6 Å². The highest BCUT2D eigenvalue weighted by atomic mass is 79.9. The molecule has 1 heterocycles. The highest BCUT2D eigenvalue weighted by molar-refractivity contribution is 4.83. The Bertz CT molecular complexity index is 255. The van der Waals surface area contributed by atoms with E-state index in [2.05, 4.69) is 6.92 Å². The van der Waals surface area contributed by atoms with Gasteiger partial charge in [0, 0.05) is 0 Å². The summed E-state index contributed by atoms with van der Waals surface area (Å²) < 4.78 is 0.605. The number of halogens is 1. The Balaban J connectivity index is 0.00000361. The number of aliphatic hydroxyl groups excluding tert-OH is 3. The Labute approximate surface area is 134 Å². The lowest BCUT2D eigenvalue weighted by atomic mass is 10.1. The third-order valence-corrected chi connectivity index (χ3v) is 4.65. The monoisotopic (exact) mass is 353 g/mol. The van der Waals surface area contributed by atoms with Crippen LogP contribution in [-0.2, 0) is 0 Å². The summed E-state index contributed by atoms with van der Waals surface area (Å²) in [4.78, 5) is 0. The summed E-state index contributed by atoms with van der Waals surface area (Å²) in [5.41, 5.74) is 0. The van der Waals surface area contributed by atoms with E-state index < -0.39 is 12.2 Å². The van der Waals surface area contributed by atoms with Crippen molar-refractivity contribution >= 4 is 0 Å². The molecule has 0 saturated carbocycles. The molecular formula is C15H32BrNO3. The van der Waals surface area contributed by atoms with Crippen molar-refractivity contribution in [2.45, 2.75) is 70.1 Å². The van der Waals surface area contributed by atoms with Crippen LogP contribution in [0.25, 0.3) is 0 Å². The molecule has 1 aliphatic rings. The average molecular weight is 354 g/mol. The predicted molar refractivity (Wildman–Crippen MR) is 76.8 cm³/mol. The first-order chi connectivity index (χ1) is 9.05. The van der Waals surface area contributed by atoms with Crippen molar-refractivity contribution in [3.8, 4) is 0 Å². The predicted octanol–water partition coefficient (Wildman–Crippen LogP) is -1.72. The molecule has 122 valence electrons. The van der Waals surface area contributed by atoms with Gasteiger partial charge < -0.3 is 36.8 Å². The topological polar surface area (TPSA) is 60.7 Å². The molecule has 0 spiro atoms. The van der Waals surface area contributed by atoms with Gasteiger partial charge in [-0.3, -0.25) is 0 Å². The van der Waals surface area contributed by atoms with Gasteiger partial charge >= 0.3 is 0 Å². The maximum atomic E-state index is 9.87. The number of rotatable bonds is 9. The second-order valence-electron chi connectivity index (χ2n) is 6.31. The fraction of sp³-hybridized carbons (Fsp3) is 1.00. The Hall–Kier alpha value is 0.320. The summed E-state index contributed by atoms with van der Waals surface area (Å²) in [5.74, 6) is 0. The molecule has 1 fully saturated rings. The third kappa shape index (κ3) is 5.60. The number of unbranched alkanes of at least 4 members (excludes halogenated alkanes) is 6. The number of quaternary nitrogens is 1. The van der Waals surface area contributed by atoms with E-state index in [1.54, 1.807) is 0 Å². The highest BCUT2D eigenvalue weighted by Crippen LogP contribution is 2.26. The molecule has 0 bridgehead atoms. The summed E-state index contributed by atoms with van der Waals surface area (Å²) in [6.45, 7) is 3.67. The molecule has 1 aliphatic heterocycles. The first-order valence-electron chi connectivity index (χ1n) is 7.86. The first kappa shape index (κ1) is 20.3. The van der Waals surface area contributed by atoms with E-state index in [4.69, 9.17) is 0 Å². The van der Waals surface area contributed by atoms with Crippen LogP contribution >= 0.6 is 0 Å². The quantitative estimate of drug-likeness (QED) is 0.341. The molecule has 1 rings (SSSR count). The molecule has 0 radical (unpaired) electrons. The summed E-state index contributed by atoms with van der Waals surface area (Å²) >= 11 is 0. The molecule has 5 heteroatoms. The molecule has 0 aromatic rings. The minimum Gasteiger partial charge on any atom is -1.00 e. The third-order valence-electron chi connectivity index (χ3n) is 4.65. The largest absolute Gasteiger partial charge is 1.00 e. The van der Waals surface area contributed by atoms with Gasteiger partial charge in [-0.15, -0.1) is 0 Å². The Morgan fingerprint density at radius 2 is 1.55 bits per heavy atom. The molecule has 0 aromatic carbocycles. The molecule has 3 N–H and O–H groups in total. The Morgan fingerprint density at radius 3 is 2.10 bits per heavy atom. The standard InChI is InChI=1S/C15H32NO3.BrH/c1-3-4-5-6-7-8-9-10-16(2)11-14(18)15(19)13(16)12-17;/h13-15,17-19H,3-12H2,1-2H3;1H/q+1;/p-1/t13-,14-,15-,16?;/m1./s1. The van der Waals surface area contributed by atoms with Gasteiger partial charge in [0.1, 0.15) is 24.8 Å². The molecule has 4 nitrogen and oxygen atoms in total. The molecule has 20 heavy (non-hydrogen) atoms. The van der Waals surface area contributed by atoms with Crippen molar-refractivity contribution in [1.82, 2.24) is 0 Å². The van der Waals surface area contributed by atoms with Crippen molar-refractivity contribution in [2.24, 2.45) is 0 Å². The maximum absolute atomic E-state index is 9.87. The van der Waals surface area contributed by atoms with E-state index in [0.29, 0.717) is 11.0 Å². The van der Waals surface area contributed by atoms with Gasteiger partial charge in [-0.25, -0.2) is 0 Å². The minimum atomic E-state index is -0.778. The molecule has 1 saturated heterocycles. The number of likely N-dealkylation sites (tertiary alicyclic amines) is 1. The van der Waals surface area contributed by atoms with Gasteiger partial charge in [0.15, 0.2) is 0 Å². The van der Waals surface area contributed by atoms with Crippen LogP contribution in [0.5, 0.6) is 0 Å². The van der Waals surface area contributed by atoms with Crippen molar-refractivity contribution in [2.75, 3.05) is 26.7 Å². The van der Waals surface area contributed by atoms with Crippen LogP contribution in [0.4, 0.5) is 0 Å². The SMILES string of the molecule is CCCCCCCCC[N+]1(C)C[C@@H](O)[C@H](O)[C@H]1CO.[Br-]. The first-order valence-corrected chi connectivity index (χ1v) is 7.86. The number of nitrogens with zero attached hydrogens (tertiary/aromatic N) is 1. The van der Waals surface area contributed by atoms with Gasteiger partial charge in [0.25, 0.3) is 0 Å². The average Bonchev–Trinajstić information content (AvgIpc) is 2.59. The number of hydrogen-bond acceptors (Lipinski definition) is 3. The second kappa shape index (κ2) is 10.1. The minimum absolute atomic E-state index is 0. The van der Waals surface area contributed by atoms with Crippen molar-refractivity contribution < 1.29 is 36.8 Å². The van der Waals surface area contributed by atoms with Gasteiger partial charge in [-0.05, 0) is 12.8 Å². The van der Waals surface area contributed by atoms with E-state index >= 15 is 0 Å². The smallest absolute Gasteiger partial charge is 0.141 e. The second-order valence-corrected chi connectivity index (χ2v) is 6.31. The lowest BCUT2D eigenvalue weighted by Gasteiger charge is -2.35. The van der Waals surface area contributed by atoms with Gasteiger partial charge in [-0.2, -0.15) is 0 Å². The van der Waals surface area contributed by atoms with Crippen molar-refractivity contribution in [1.29, 1.82) is 0 Å². The molecule has 4 atom stereocenters. The van der Waals surface area contributed by atoms with Gasteiger partial charge in [0.2, 0.25) is 0 Å². The van der Waals surface area contributed by atoms with E-state index in [1.165, 1.54) is 38.5 Å². The van der Waals surface area contributed by atoms with Crippen LogP contribution in [-0.4, -0.2) is 64.8 Å². The fourth-order valence-electron chi connectivity index (χ4n) is 3.29. The van der Waals surface area contributed by atoms with E-state index in [1.807, 2.05) is 7.05 Å². The van der Waals surface area contributed by atoms with Crippen LogP contribution in [0, 0.1) is 0 Å². The molecular weight excluding hydrogens is 322 g/mol. The normalized spacial score (nSPS) is 33.1. The van der Waals surface area contributed by atoms with Crippen LogP contribution in [0.2, 0.25) is 0 Å². The molecule has 0 aromatic heterocycles. The lowest BCUT2D eigenvalue weighted by molar-refractivity contribution is -0.924. The Morgan fingerprint density at radius 1 is 1.00 bits per heavy atom. The van der Waals surface area contributed by atoms with E-state index in [9.17, 15) is 15.3 Å². The number of likely N-dealkylation sites (N-methyl/N-ethyl adjacent to an activating group) is 1. The van der Waals surface area contributed by atoms with Crippen LogP contribution < -0.4 is 17.0 Å². The van der Waals surface area contributed by atoms with Gasteiger partial charge in [0.05, 0.1) is 20.2 Å². The summed E-state index contributed by atoms with van der Waals surface area (Å²) in [6.07, 6.45) is 7.38. The lowest BCUT2D eigenvalue weighted by Crippen LogP contribution is -3.00. The zero-order chi connectivity index (χ0) is 14.3. The number of hydrogen-bond donors (Lipinski definition) is 3. The van der Waals surface area contributed by atoms with Crippen molar-refractivity contribution in [3.05, 3.63) is 0 Å². The Kier molecular flexibility index (Phi) is 10.3. The van der Waals surface area contributed by atoms with Crippen LogP contribution in [0.1, 0.15) is 51.9 Å². The maximum Gasteiger partial charge on any atom is 0.141 e. The van der Waals surface area contributed by atoms with Gasteiger partial charge in [-0.1, -0.05) is 39.0 Å². The zero-order valence-corrected chi connectivity index (χ0v) is 14.6.